The summed E-state index contributed by atoms with van der Waals surface area (Å²) in [6.45, 7) is 10.3. The monoisotopic (exact) mass is 644 g/mol. The van der Waals surface area contributed by atoms with Crippen LogP contribution >= 0.6 is 0 Å². The van der Waals surface area contributed by atoms with Crippen molar-refractivity contribution in [1.82, 2.24) is 0 Å². The van der Waals surface area contributed by atoms with Gasteiger partial charge in [0.25, 0.3) is 0 Å². The number of carbonyl (C=O) groups excluding carboxylic acids is 3. The van der Waals surface area contributed by atoms with Gasteiger partial charge in [-0.1, -0.05) is 45.1 Å². The van der Waals surface area contributed by atoms with E-state index in [-0.39, 0.29) is 5.97 Å². The largest absolute Gasteiger partial charge is 0.494 e. The molecule has 0 bridgehead atoms. The molecule has 47 heavy (non-hydrogen) atoms. The standard InChI is InChI=1S/C38H44O9/c1-4-7-10-13-37(47-36(40)6-3)45-33-22-24-34(25-23-33)46-38(41)30-16-20-32(21-17-30)44-28-29-14-18-31(19-15-29)42-26-11-8-9-12-27-43-35(39)5-2/h5-6,14-25,37H,2-4,7-13,26-28H2,1H3. The molecule has 0 aliphatic rings. The van der Waals surface area contributed by atoms with Crippen LogP contribution in [0.25, 0.3) is 0 Å². The predicted molar refractivity (Wildman–Crippen MR) is 179 cm³/mol. The Morgan fingerprint density at radius 2 is 1.26 bits per heavy atom. The van der Waals surface area contributed by atoms with E-state index in [9.17, 15) is 14.4 Å². The Morgan fingerprint density at radius 1 is 0.660 bits per heavy atom. The third-order valence-electron chi connectivity index (χ3n) is 6.90. The Morgan fingerprint density at radius 3 is 1.91 bits per heavy atom. The Balaban J connectivity index is 1.37. The summed E-state index contributed by atoms with van der Waals surface area (Å²) in [4.78, 5) is 35.4. The van der Waals surface area contributed by atoms with Crippen molar-refractivity contribution in [3.63, 3.8) is 0 Å². The smallest absolute Gasteiger partial charge is 0.343 e. The zero-order valence-electron chi connectivity index (χ0n) is 27.0. The topological polar surface area (TPSA) is 107 Å². The molecule has 0 fully saturated rings. The van der Waals surface area contributed by atoms with Crippen molar-refractivity contribution in [3.8, 4) is 23.0 Å². The molecule has 3 rings (SSSR count). The van der Waals surface area contributed by atoms with Crippen LogP contribution in [0.15, 0.2) is 98.1 Å². The van der Waals surface area contributed by atoms with Crippen molar-refractivity contribution < 1.29 is 42.8 Å². The third-order valence-corrected chi connectivity index (χ3v) is 6.90. The van der Waals surface area contributed by atoms with Gasteiger partial charge >= 0.3 is 17.9 Å². The number of benzene rings is 3. The molecule has 9 heteroatoms. The first-order chi connectivity index (χ1) is 22.9. The maximum Gasteiger partial charge on any atom is 0.343 e. The molecule has 0 heterocycles. The molecule has 0 radical (unpaired) electrons. The summed E-state index contributed by atoms with van der Waals surface area (Å²) in [5.41, 5.74) is 1.36. The van der Waals surface area contributed by atoms with E-state index in [0.717, 1.165) is 62.3 Å². The van der Waals surface area contributed by atoms with Crippen molar-refractivity contribution in [3.05, 3.63) is 109 Å². The average Bonchev–Trinajstić information content (AvgIpc) is 3.09. The van der Waals surface area contributed by atoms with Crippen LogP contribution in [-0.2, 0) is 25.7 Å². The van der Waals surface area contributed by atoms with E-state index in [2.05, 4.69) is 20.1 Å². The van der Waals surface area contributed by atoms with E-state index in [4.69, 9.17) is 28.4 Å². The fraction of sp³-hybridized carbons (Fsp3) is 0.342. The molecule has 0 N–H and O–H groups in total. The minimum atomic E-state index is -0.726. The third kappa shape index (κ3) is 14.3. The van der Waals surface area contributed by atoms with E-state index in [1.165, 1.54) is 6.08 Å². The van der Waals surface area contributed by atoms with Gasteiger partial charge in [0, 0.05) is 18.6 Å². The maximum absolute atomic E-state index is 12.7. The van der Waals surface area contributed by atoms with Crippen molar-refractivity contribution in [2.24, 2.45) is 0 Å². The SMILES string of the molecule is C=CC(=O)OCCCCCCOc1ccc(COc2ccc(C(=O)Oc3ccc(OC(CCCCC)OC(=O)C=C)cc3)cc2)cc1. The summed E-state index contributed by atoms with van der Waals surface area (Å²) in [6.07, 6.45) is 8.71. The van der Waals surface area contributed by atoms with Crippen molar-refractivity contribution >= 4 is 17.9 Å². The average molecular weight is 645 g/mol. The fourth-order valence-corrected chi connectivity index (χ4v) is 4.30. The summed E-state index contributed by atoms with van der Waals surface area (Å²) in [5, 5.41) is 0. The van der Waals surface area contributed by atoms with E-state index in [0.29, 0.717) is 49.1 Å². The number of ether oxygens (including phenoxy) is 6. The Bertz CT molecular complexity index is 1400. The van der Waals surface area contributed by atoms with E-state index >= 15 is 0 Å². The molecule has 250 valence electrons. The molecule has 0 amide bonds. The van der Waals surface area contributed by atoms with Crippen molar-refractivity contribution in [1.29, 1.82) is 0 Å². The normalized spacial score (nSPS) is 11.1. The van der Waals surface area contributed by atoms with Crippen LogP contribution in [0.2, 0.25) is 0 Å². The van der Waals surface area contributed by atoms with Gasteiger partial charge in [-0.05, 0) is 98.3 Å². The number of carbonyl (C=O) groups is 3. The molecule has 0 spiro atoms. The summed E-state index contributed by atoms with van der Waals surface area (Å²) in [6, 6.07) is 21.0. The van der Waals surface area contributed by atoms with Crippen LogP contribution in [-0.4, -0.2) is 37.4 Å². The van der Waals surface area contributed by atoms with Crippen LogP contribution in [0.4, 0.5) is 0 Å². The van der Waals surface area contributed by atoms with Crippen LogP contribution in [0.5, 0.6) is 23.0 Å². The minimum absolute atomic E-state index is 0.351. The lowest BCUT2D eigenvalue weighted by molar-refractivity contribution is -0.158. The first-order valence-corrected chi connectivity index (χ1v) is 16.0. The summed E-state index contributed by atoms with van der Waals surface area (Å²) < 4.78 is 33.3. The molecule has 9 nitrogen and oxygen atoms in total. The lowest BCUT2D eigenvalue weighted by Gasteiger charge is -2.19. The van der Waals surface area contributed by atoms with E-state index in [1.54, 1.807) is 48.5 Å². The Labute approximate surface area is 277 Å². The first-order valence-electron chi connectivity index (χ1n) is 16.0. The van der Waals surface area contributed by atoms with Gasteiger partial charge in [-0.25, -0.2) is 14.4 Å². The molecule has 0 aliphatic carbocycles. The molecule has 3 aromatic carbocycles. The Kier molecular flexibility index (Phi) is 16.2. The molecule has 0 aromatic heterocycles. The van der Waals surface area contributed by atoms with Gasteiger partial charge in [0.1, 0.15) is 29.6 Å². The van der Waals surface area contributed by atoms with Crippen LogP contribution < -0.4 is 18.9 Å². The molecule has 0 saturated heterocycles. The zero-order valence-corrected chi connectivity index (χ0v) is 27.0. The zero-order chi connectivity index (χ0) is 33.7. The van der Waals surface area contributed by atoms with Gasteiger partial charge in [0.2, 0.25) is 6.29 Å². The van der Waals surface area contributed by atoms with Gasteiger partial charge in [-0.2, -0.15) is 0 Å². The first kappa shape index (κ1) is 36.4. The Hall–Kier alpha value is -5.05. The number of rotatable bonds is 22. The number of hydrogen-bond donors (Lipinski definition) is 0. The molecule has 1 atom stereocenters. The second-order valence-electron chi connectivity index (χ2n) is 10.6. The lowest BCUT2D eigenvalue weighted by Crippen LogP contribution is -2.23. The second kappa shape index (κ2) is 20.9. The number of unbranched alkanes of at least 4 members (excludes halogenated alkanes) is 5. The second-order valence-corrected chi connectivity index (χ2v) is 10.6. The van der Waals surface area contributed by atoms with Crippen molar-refractivity contribution in [2.45, 2.75) is 71.2 Å². The van der Waals surface area contributed by atoms with E-state index in [1.807, 2.05) is 24.3 Å². The molecule has 0 saturated carbocycles. The summed E-state index contributed by atoms with van der Waals surface area (Å²) in [7, 11) is 0. The molecule has 0 aliphatic heterocycles. The van der Waals surface area contributed by atoms with Gasteiger partial charge in [-0.15, -0.1) is 0 Å². The minimum Gasteiger partial charge on any atom is -0.494 e. The molecule has 1 unspecified atom stereocenters. The van der Waals surface area contributed by atoms with Gasteiger partial charge in [0.15, 0.2) is 0 Å². The van der Waals surface area contributed by atoms with Crippen molar-refractivity contribution in [2.75, 3.05) is 13.2 Å². The van der Waals surface area contributed by atoms with Crippen LogP contribution in [0.1, 0.15) is 74.2 Å². The van der Waals surface area contributed by atoms with Crippen LogP contribution in [0, 0.1) is 0 Å². The molecular weight excluding hydrogens is 600 g/mol. The van der Waals surface area contributed by atoms with E-state index < -0.39 is 18.2 Å². The lowest BCUT2D eigenvalue weighted by atomic mass is 10.2. The number of esters is 3. The highest BCUT2D eigenvalue weighted by molar-refractivity contribution is 5.91. The van der Waals surface area contributed by atoms with Gasteiger partial charge in [0.05, 0.1) is 18.8 Å². The molecule has 3 aromatic rings. The predicted octanol–water partition coefficient (Wildman–Crippen LogP) is 8.17. The van der Waals surface area contributed by atoms with Gasteiger partial charge < -0.3 is 28.4 Å². The summed E-state index contributed by atoms with van der Waals surface area (Å²) in [5.74, 6) is 0.810. The highest BCUT2D eigenvalue weighted by Gasteiger charge is 2.15. The molecular formula is C38H44O9. The highest BCUT2D eigenvalue weighted by atomic mass is 16.7. The highest BCUT2D eigenvalue weighted by Crippen LogP contribution is 2.23. The fourth-order valence-electron chi connectivity index (χ4n) is 4.30. The maximum atomic E-state index is 12.7. The summed E-state index contributed by atoms with van der Waals surface area (Å²) >= 11 is 0. The number of hydrogen-bond acceptors (Lipinski definition) is 9. The quantitative estimate of drug-likeness (QED) is 0.0352. The van der Waals surface area contributed by atoms with Gasteiger partial charge in [-0.3, -0.25) is 0 Å². The van der Waals surface area contributed by atoms with Crippen LogP contribution in [0.3, 0.4) is 0 Å².